The summed E-state index contributed by atoms with van der Waals surface area (Å²) in [5.41, 5.74) is -0.236. The summed E-state index contributed by atoms with van der Waals surface area (Å²) in [6, 6.07) is 5.68. The molecular weight excluding hydrogens is 368 g/mol. The van der Waals surface area contributed by atoms with Crippen molar-refractivity contribution in [1.82, 2.24) is 9.62 Å². The van der Waals surface area contributed by atoms with Crippen molar-refractivity contribution in [3.8, 4) is 0 Å². The van der Waals surface area contributed by atoms with E-state index in [1.54, 1.807) is 0 Å². The van der Waals surface area contributed by atoms with Crippen LogP contribution in [-0.4, -0.2) is 48.8 Å². The Morgan fingerprint density at radius 2 is 1.81 bits per heavy atom. The topological polar surface area (TPSA) is 104 Å². The Kier molecular flexibility index (Phi) is 7.00. The highest BCUT2D eigenvalue weighted by molar-refractivity contribution is 7.89. The van der Waals surface area contributed by atoms with Crippen LogP contribution in [0.1, 0.15) is 50.4 Å². The minimum absolute atomic E-state index is 0.0363. The number of benzene rings is 1. The van der Waals surface area contributed by atoms with Crippen molar-refractivity contribution in [1.29, 1.82) is 0 Å². The third-order valence-electron chi connectivity index (χ3n) is 5.43. The zero-order valence-electron chi connectivity index (χ0n) is 16.0. The van der Waals surface area contributed by atoms with Crippen molar-refractivity contribution in [2.45, 2.75) is 51.0 Å². The summed E-state index contributed by atoms with van der Waals surface area (Å²) in [5, 5.41) is 12.3. The second-order valence-corrected chi connectivity index (χ2v) is 9.07. The van der Waals surface area contributed by atoms with E-state index < -0.39 is 16.0 Å². The molecule has 1 aromatic rings. The molecule has 0 saturated carbocycles. The van der Waals surface area contributed by atoms with E-state index in [-0.39, 0.29) is 41.4 Å². The van der Waals surface area contributed by atoms with Crippen LogP contribution >= 0.6 is 0 Å². The average Bonchev–Trinajstić information content (AvgIpc) is 2.67. The molecule has 1 fully saturated rings. The summed E-state index contributed by atoms with van der Waals surface area (Å²) in [5.74, 6) is -1.16. The third kappa shape index (κ3) is 4.87. The van der Waals surface area contributed by atoms with Crippen LogP contribution < -0.4 is 5.32 Å². The van der Waals surface area contributed by atoms with E-state index >= 15 is 0 Å². The second-order valence-electron chi connectivity index (χ2n) is 7.16. The molecule has 1 aliphatic rings. The first-order valence-electron chi connectivity index (χ1n) is 9.31. The van der Waals surface area contributed by atoms with Crippen molar-refractivity contribution >= 4 is 21.9 Å². The van der Waals surface area contributed by atoms with Gasteiger partial charge in [-0.1, -0.05) is 32.4 Å². The SMILES string of the molecule is CCC(C)C(C)NC(=O)C1CCN(S(=O)(=O)c2ccccc2C(=O)O)CC1. The van der Waals surface area contributed by atoms with Gasteiger partial charge < -0.3 is 10.4 Å². The van der Waals surface area contributed by atoms with E-state index in [9.17, 15) is 23.1 Å². The van der Waals surface area contributed by atoms with Gasteiger partial charge in [-0.25, -0.2) is 13.2 Å². The van der Waals surface area contributed by atoms with Crippen LogP contribution in [0.25, 0.3) is 0 Å². The van der Waals surface area contributed by atoms with Gasteiger partial charge in [0.2, 0.25) is 15.9 Å². The van der Waals surface area contributed by atoms with Gasteiger partial charge in [0.05, 0.1) is 10.5 Å². The number of carboxylic acids is 1. The van der Waals surface area contributed by atoms with Crippen LogP contribution in [-0.2, 0) is 14.8 Å². The lowest BCUT2D eigenvalue weighted by Gasteiger charge is -2.32. The molecule has 0 aliphatic carbocycles. The number of piperidine rings is 1. The van der Waals surface area contributed by atoms with Gasteiger partial charge in [-0.2, -0.15) is 4.31 Å². The Hall–Kier alpha value is -1.93. The molecule has 2 N–H and O–H groups in total. The molecule has 2 atom stereocenters. The van der Waals surface area contributed by atoms with Crippen molar-refractivity contribution in [2.24, 2.45) is 11.8 Å². The zero-order valence-corrected chi connectivity index (χ0v) is 16.8. The number of hydrogen-bond donors (Lipinski definition) is 2. The maximum atomic E-state index is 12.9. The molecule has 2 rings (SSSR count). The van der Waals surface area contributed by atoms with Gasteiger partial charge in [0.15, 0.2) is 0 Å². The molecule has 0 bridgehead atoms. The molecule has 0 radical (unpaired) electrons. The van der Waals surface area contributed by atoms with Crippen LogP contribution in [0.5, 0.6) is 0 Å². The first-order chi connectivity index (χ1) is 12.7. The number of hydrogen-bond acceptors (Lipinski definition) is 4. The molecule has 0 aromatic heterocycles. The smallest absolute Gasteiger partial charge is 0.337 e. The number of sulfonamides is 1. The fourth-order valence-corrected chi connectivity index (χ4v) is 4.86. The molecule has 8 heteroatoms. The normalized spacial score (nSPS) is 18.6. The summed E-state index contributed by atoms with van der Waals surface area (Å²) < 4.78 is 27.0. The number of carboxylic acid groups (broad SMARTS) is 1. The van der Waals surface area contributed by atoms with E-state index in [0.717, 1.165) is 6.42 Å². The standard InChI is InChI=1S/C19H28N2O5S/c1-4-13(2)14(3)20-18(22)15-9-11-21(12-10-15)27(25,26)17-8-6-5-7-16(17)19(23)24/h5-8,13-15H,4,9-12H2,1-3H3,(H,20,22)(H,23,24). The number of amides is 1. The largest absolute Gasteiger partial charge is 0.478 e. The highest BCUT2D eigenvalue weighted by Gasteiger charge is 2.34. The van der Waals surface area contributed by atoms with E-state index in [2.05, 4.69) is 19.2 Å². The molecule has 1 saturated heterocycles. The highest BCUT2D eigenvalue weighted by atomic mass is 32.2. The van der Waals surface area contributed by atoms with Crippen LogP contribution in [0, 0.1) is 11.8 Å². The van der Waals surface area contributed by atoms with Crippen molar-refractivity contribution in [3.05, 3.63) is 29.8 Å². The predicted molar refractivity (Wildman–Crippen MR) is 102 cm³/mol. The van der Waals surface area contributed by atoms with Crippen LogP contribution in [0.3, 0.4) is 0 Å². The number of carbonyl (C=O) groups excluding carboxylic acids is 1. The number of carbonyl (C=O) groups is 2. The summed E-state index contributed by atoms with van der Waals surface area (Å²) in [4.78, 5) is 23.6. The zero-order chi connectivity index (χ0) is 20.2. The maximum Gasteiger partial charge on any atom is 0.337 e. The minimum Gasteiger partial charge on any atom is -0.478 e. The number of nitrogens with zero attached hydrogens (tertiary/aromatic N) is 1. The van der Waals surface area contributed by atoms with E-state index in [0.29, 0.717) is 18.8 Å². The second kappa shape index (κ2) is 8.84. The Morgan fingerprint density at radius 1 is 1.22 bits per heavy atom. The lowest BCUT2D eigenvalue weighted by Crippen LogP contribution is -2.46. The van der Waals surface area contributed by atoms with Gasteiger partial charge in [0.25, 0.3) is 0 Å². The first-order valence-corrected chi connectivity index (χ1v) is 10.7. The Morgan fingerprint density at radius 3 is 2.37 bits per heavy atom. The average molecular weight is 397 g/mol. The molecule has 2 unspecified atom stereocenters. The minimum atomic E-state index is -3.91. The monoisotopic (exact) mass is 396 g/mol. The molecular formula is C19H28N2O5S. The third-order valence-corrected chi connectivity index (χ3v) is 7.38. The molecule has 1 amide bonds. The summed E-state index contributed by atoms with van der Waals surface area (Å²) >= 11 is 0. The van der Waals surface area contributed by atoms with E-state index in [1.165, 1.54) is 28.6 Å². The van der Waals surface area contributed by atoms with Crippen molar-refractivity contribution in [2.75, 3.05) is 13.1 Å². The number of rotatable bonds is 7. The van der Waals surface area contributed by atoms with Gasteiger partial charge in [0, 0.05) is 25.0 Å². The molecule has 1 aliphatic heterocycles. The molecule has 0 spiro atoms. The summed E-state index contributed by atoms with van der Waals surface area (Å²) in [6.07, 6.45) is 1.82. The van der Waals surface area contributed by atoms with Gasteiger partial charge in [-0.05, 0) is 37.8 Å². The highest BCUT2D eigenvalue weighted by Crippen LogP contribution is 2.26. The van der Waals surface area contributed by atoms with Crippen LogP contribution in [0.15, 0.2) is 29.2 Å². The van der Waals surface area contributed by atoms with Crippen LogP contribution in [0.2, 0.25) is 0 Å². The van der Waals surface area contributed by atoms with Crippen molar-refractivity contribution < 1.29 is 23.1 Å². The Balaban J connectivity index is 2.05. The Bertz CT molecular complexity index is 785. The fraction of sp³-hybridized carbons (Fsp3) is 0.579. The number of nitrogens with one attached hydrogen (secondary N) is 1. The van der Waals surface area contributed by atoms with Gasteiger partial charge in [0.1, 0.15) is 0 Å². The predicted octanol–water partition coefficient (Wildman–Crippen LogP) is 2.34. The Labute approximate surface area is 160 Å². The molecule has 27 heavy (non-hydrogen) atoms. The van der Waals surface area contributed by atoms with Crippen LogP contribution in [0.4, 0.5) is 0 Å². The molecule has 7 nitrogen and oxygen atoms in total. The van der Waals surface area contributed by atoms with Gasteiger partial charge in [-0.15, -0.1) is 0 Å². The fourth-order valence-electron chi connectivity index (χ4n) is 3.20. The van der Waals surface area contributed by atoms with E-state index in [4.69, 9.17) is 0 Å². The summed E-state index contributed by atoms with van der Waals surface area (Å²) in [6.45, 7) is 6.54. The lowest BCUT2D eigenvalue weighted by molar-refractivity contribution is -0.127. The van der Waals surface area contributed by atoms with E-state index in [1.807, 2.05) is 6.92 Å². The molecule has 1 aromatic carbocycles. The first kappa shape index (κ1) is 21.4. The summed E-state index contributed by atoms with van der Waals surface area (Å²) in [7, 11) is -3.91. The molecule has 150 valence electrons. The maximum absolute atomic E-state index is 12.9. The van der Waals surface area contributed by atoms with Gasteiger partial charge in [-0.3, -0.25) is 4.79 Å². The van der Waals surface area contributed by atoms with Crippen molar-refractivity contribution in [3.63, 3.8) is 0 Å². The lowest BCUT2D eigenvalue weighted by atomic mass is 9.95. The number of aromatic carboxylic acids is 1. The molecule has 1 heterocycles. The quantitative estimate of drug-likeness (QED) is 0.736. The van der Waals surface area contributed by atoms with Gasteiger partial charge >= 0.3 is 5.97 Å².